The van der Waals surface area contributed by atoms with Gasteiger partial charge >= 0.3 is 0 Å². The molecule has 1 atom stereocenters. The van der Waals surface area contributed by atoms with E-state index in [0.717, 1.165) is 19.4 Å². The third kappa shape index (κ3) is 4.42. The first-order chi connectivity index (χ1) is 9.29. The lowest BCUT2D eigenvalue weighted by atomic mass is 10.1. The minimum Gasteiger partial charge on any atom is -0.371 e. The number of nitrogens with two attached hydrogens (primary N) is 1. The van der Waals surface area contributed by atoms with Crippen LogP contribution in [0.25, 0.3) is 0 Å². The summed E-state index contributed by atoms with van der Waals surface area (Å²) in [7, 11) is 0. The monoisotopic (exact) mass is 276 g/mol. The van der Waals surface area contributed by atoms with Crippen LogP contribution in [0, 0.1) is 6.92 Å². The summed E-state index contributed by atoms with van der Waals surface area (Å²) < 4.78 is 5.88. The quantitative estimate of drug-likeness (QED) is 0.790. The fourth-order valence-corrected chi connectivity index (χ4v) is 2.88. The van der Waals surface area contributed by atoms with Crippen molar-refractivity contribution in [3.05, 3.63) is 52.0 Å². The summed E-state index contributed by atoms with van der Waals surface area (Å²) in [4.78, 5) is 6.54. The summed E-state index contributed by atoms with van der Waals surface area (Å²) in [5.41, 5.74) is 7.08. The molecule has 0 aliphatic heterocycles. The largest absolute Gasteiger partial charge is 0.371 e. The van der Waals surface area contributed by atoms with Gasteiger partial charge in [0.1, 0.15) is 6.10 Å². The Labute approximate surface area is 118 Å². The molecule has 2 aromatic heterocycles. The van der Waals surface area contributed by atoms with E-state index in [1.807, 2.05) is 24.5 Å². The lowest BCUT2D eigenvalue weighted by Crippen LogP contribution is -2.15. The summed E-state index contributed by atoms with van der Waals surface area (Å²) in [6.07, 6.45) is 5.71. The molecule has 3 nitrogen and oxygen atoms in total. The van der Waals surface area contributed by atoms with E-state index in [1.165, 1.54) is 15.3 Å². The second-order valence-electron chi connectivity index (χ2n) is 4.50. The van der Waals surface area contributed by atoms with Crippen LogP contribution in [-0.4, -0.2) is 18.1 Å². The van der Waals surface area contributed by atoms with Crippen LogP contribution < -0.4 is 5.73 Å². The lowest BCUT2D eigenvalue weighted by Gasteiger charge is -2.14. The van der Waals surface area contributed by atoms with Crippen molar-refractivity contribution in [2.75, 3.05) is 13.2 Å². The molecule has 2 rings (SSSR count). The number of hydrogen-bond donors (Lipinski definition) is 1. The van der Waals surface area contributed by atoms with Crippen molar-refractivity contribution in [2.24, 2.45) is 5.73 Å². The molecule has 19 heavy (non-hydrogen) atoms. The van der Waals surface area contributed by atoms with Gasteiger partial charge < -0.3 is 10.5 Å². The smallest absolute Gasteiger partial charge is 0.104 e. The Morgan fingerprint density at radius 2 is 2.05 bits per heavy atom. The highest BCUT2D eigenvalue weighted by Gasteiger charge is 2.11. The van der Waals surface area contributed by atoms with Crippen molar-refractivity contribution in [3.63, 3.8) is 0 Å². The number of hydrogen-bond acceptors (Lipinski definition) is 4. The number of rotatable bonds is 7. The highest BCUT2D eigenvalue weighted by Crippen LogP contribution is 2.24. The topological polar surface area (TPSA) is 48.1 Å². The maximum absolute atomic E-state index is 5.88. The molecule has 0 radical (unpaired) electrons. The van der Waals surface area contributed by atoms with Gasteiger partial charge in [0.05, 0.1) is 0 Å². The molecule has 4 heteroatoms. The molecule has 0 aromatic carbocycles. The molecule has 0 fully saturated rings. The molecule has 0 aliphatic rings. The zero-order chi connectivity index (χ0) is 13.5. The maximum Gasteiger partial charge on any atom is 0.104 e. The first-order valence-corrected chi connectivity index (χ1v) is 7.38. The first kappa shape index (κ1) is 14.2. The number of pyridine rings is 1. The van der Waals surface area contributed by atoms with Crippen LogP contribution in [0.3, 0.4) is 0 Å². The van der Waals surface area contributed by atoms with Crippen LogP contribution in [0.4, 0.5) is 0 Å². The van der Waals surface area contributed by atoms with E-state index in [0.29, 0.717) is 6.54 Å². The highest BCUT2D eigenvalue weighted by atomic mass is 32.1. The van der Waals surface area contributed by atoms with Gasteiger partial charge in [-0.25, -0.2) is 0 Å². The number of aryl methyl sites for hydroxylation is 2. The summed E-state index contributed by atoms with van der Waals surface area (Å²) in [5, 5.41) is 0. The third-order valence-corrected chi connectivity index (χ3v) is 4.06. The second kappa shape index (κ2) is 7.38. The number of thiophene rings is 1. The Balaban J connectivity index is 1.75. The Bertz CT molecular complexity index is 484. The van der Waals surface area contributed by atoms with Gasteiger partial charge in [-0.2, -0.15) is 0 Å². The standard InChI is InChI=1S/C15H20N2OS/c1-12-4-5-15(19-12)14(11-16)18-10-2-3-13-6-8-17-9-7-13/h4-9,14H,2-3,10-11,16H2,1H3. The molecule has 0 bridgehead atoms. The number of ether oxygens (including phenoxy) is 1. The van der Waals surface area contributed by atoms with Crippen LogP contribution in [0.5, 0.6) is 0 Å². The first-order valence-electron chi connectivity index (χ1n) is 6.56. The maximum atomic E-state index is 5.88. The summed E-state index contributed by atoms with van der Waals surface area (Å²) >= 11 is 1.76. The van der Waals surface area contributed by atoms with Crippen LogP contribution in [-0.2, 0) is 11.2 Å². The summed E-state index contributed by atoms with van der Waals surface area (Å²) in [6, 6.07) is 8.31. The molecule has 0 amide bonds. The average Bonchev–Trinajstić information content (AvgIpc) is 2.86. The van der Waals surface area contributed by atoms with Gasteiger partial charge in [0.25, 0.3) is 0 Å². The number of nitrogens with zero attached hydrogens (tertiary/aromatic N) is 1. The molecule has 2 N–H and O–H groups in total. The summed E-state index contributed by atoms with van der Waals surface area (Å²) in [6.45, 7) is 3.38. The van der Waals surface area contributed by atoms with Crippen molar-refractivity contribution >= 4 is 11.3 Å². The van der Waals surface area contributed by atoms with E-state index in [-0.39, 0.29) is 6.10 Å². The summed E-state index contributed by atoms with van der Waals surface area (Å²) in [5.74, 6) is 0. The molecular formula is C15H20N2OS. The minimum atomic E-state index is 0.0381. The van der Waals surface area contributed by atoms with Gasteiger partial charge in [-0.05, 0) is 49.6 Å². The Kier molecular flexibility index (Phi) is 5.51. The van der Waals surface area contributed by atoms with Crippen molar-refractivity contribution in [1.29, 1.82) is 0 Å². The number of aromatic nitrogens is 1. The van der Waals surface area contributed by atoms with Crippen LogP contribution in [0.1, 0.15) is 27.8 Å². The molecule has 0 saturated carbocycles. The van der Waals surface area contributed by atoms with Gasteiger partial charge in [-0.3, -0.25) is 4.98 Å². The van der Waals surface area contributed by atoms with Gasteiger partial charge in [-0.1, -0.05) is 0 Å². The molecule has 0 spiro atoms. The zero-order valence-electron chi connectivity index (χ0n) is 11.2. The van der Waals surface area contributed by atoms with Crippen molar-refractivity contribution in [1.82, 2.24) is 4.98 Å². The van der Waals surface area contributed by atoms with Crippen LogP contribution in [0.15, 0.2) is 36.7 Å². The Morgan fingerprint density at radius 1 is 1.26 bits per heavy atom. The van der Waals surface area contributed by atoms with Crippen molar-refractivity contribution in [3.8, 4) is 0 Å². The van der Waals surface area contributed by atoms with Crippen LogP contribution in [0.2, 0.25) is 0 Å². The molecule has 2 heterocycles. The molecule has 102 valence electrons. The average molecular weight is 276 g/mol. The van der Waals surface area contributed by atoms with Gasteiger partial charge in [0, 0.05) is 35.3 Å². The fraction of sp³-hybridized carbons (Fsp3) is 0.400. The van der Waals surface area contributed by atoms with E-state index < -0.39 is 0 Å². The van der Waals surface area contributed by atoms with Gasteiger partial charge in [-0.15, -0.1) is 11.3 Å². The molecule has 0 aliphatic carbocycles. The Hall–Kier alpha value is -1.23. The molecule has 0 saturated heterocycles. The van der Waals surface area contributed by atoms with Gasteiger partial charge in [0.15, 0.2) is 0 Å². The van der Waals surface area contributed by atoms with E-state index in [9.17, 15) is 0 Å². The normalized spacial score (nSPS) is 12.5. The third-order valence-electron chi connectivity index (χ3n) is 2.97. The van der Waals surface area contributed by atoms with E-state index in [1.54, 1.807) is 11.3 Å². The SMILES string of the molecule is Cc1ccc(C(CN)OCCCc2ccncc2)s1. The predicted molar refractivity (Wildman–Crippen MR) is 79.4 cm³/mol. The van der Waals surface area contributed by atoms with E-state index in [4.69, 9.17) is 10.5 Å². The predicted octanol–water partition coefficient (Wildman–Crippen LogP) is 3.10. The highest BCUT2D eigenvalue weighted by molar-refractivity contribution is 7.12. The van der Waals surface area contributed by atoms with Crippen molar-refractivity contribution < 1.29 is 4.74 Å². The fourth-order valence-electron chi connectivity index (χ4n) is 1.94. The van der Waals surface area contributed by atoms with E-state index in [2.05, 4.69) is 24.0 Å². The van der Waals surface area contributed by atoms with E-state index >= 15 is 0 Å². The second-order valence-corrected chi connectivity index (χ2v) is 5.82. The zero-order valence-corrected chi connectivity index (χ0v) is 12.0. The molecular weight excluding hydrogens is 256 g/mol. The molecule has 2 aromatic rings. The van der Waals surface area contributed by atoms with Gasteiger partial charge in [0.2, 0.25) is 0 Å². The minimum absolute atomic E-state index is 0.0381. The van der Waals surface area contributed by atoms with Crippen LogP contribution >= 0.6 is 11.3 Å². The molecule has 1 unspecified atom stereocenters. The van der Waals surface area contributed by atoms with Crippen molar-refractivity contribution in [2.45, 2.75) is 25.9 Å². The Morgan fingerprint density at radius 3 is 2.68 bits per heavy atom. The lowest BCUT2D eigenvalue weighted by molar-refractivity contribution is 0.0595.